The SMILES string of the molecule is Cc1ccc(S(=O)(=O)N[C@@H](C(C)C)[C@H](C)CO)cc1. The summed E-state index contributed by atoms with van der Waals surface area (Å²) in [4.78, 5) is 0.258. The molecule has 0 saturated carbocycles. The molecule has 0 heterocycles. The van der Waals surface area contributed by atoms with Crippen LogP contribution in [0.2, 0.25) is 0 Å². The summed E-state index contributed by atoms with van der Waals surface area (Å²) in [6, 6.07) is 6.46. The van der Waals surface area contributed by atoms with Crippen LogP contribution in [0.1, 0.15) is 26.3 Å². The Morgan fingerprint density at radius 3 is 2.11 bits per heavy atom. The van der Waals surface area contributed by atoms with Gasteiger partial charge in [-0.05, 0) is 30.9 Å². The Kier molecular flexibility index (Phi) is 5.52. The number of nitrogens with one attached hydrogen (secondary N) is 1. The Balaban J connectivity index is 2.97. The first-order chi connectivity index (χ1) is 8.77. The molecule has 4 nitrogen and oxygen atoms in total. The minimum atomic E-state index is -3.54. The van der Waals surface area contributed by atoms with E-state index in [1.807, 2.05) is 27.7 Å². The summed E-state index contributed by atoms with van der Waals surface area (Å²) >= 11 is 0. The summed E-state index contributed by atoms with van der Waals surface area (Å²) < 4.78 is 27.3. The van der Waals surface area contributed by atoms with Crippen molar-refractivity contribution in [3.8, 4) is 0 Å². The predicted molar refractivity (Wildman–Crippen MR) is 76.4 cm³/mol. The number of sulfonamides is 1. The Bertz CT molecular complexity index is 494. The fourth-order valence-corrected chi connectivity index (χ4v) is 3.48. The quantitative estimate of drug-likeness (QED) is 0.839. The van der Waals surface area contributed by atoms with Crippen molar-refractivity contribution in [3.05, 3.63) is 29.8 Å². The van der Waals surface area contributed by atoms with Crippen LogP contribution in [0, 0.1) is 18.8 Å². The smallest absolute Gasteiger partial charge is 0.240 e. The maximum atomic E-state index is 12.3. The van der Waals surface area contributed by atoms with Gasteiger partial charge < -0.3 is 5.11 Å². The zero-order valence-corrected chi connectivity index (χ0v) is 12.7. The third kappa shape index (κ3) is 4.30. The molecular formula is C14H23NO3S. The number of benzene rings is 1. The summed E-state index contributed by atoms with van der Waals surface area (Å²) in [5.74, 6) is -0.0115. The van der Waals surface area contributed by atoms with Crippen molar-refractivity contribution in [1.82, 2.24) is 4.72 Å². The molecule has 108 valence electrons. The van der Waals surface area contributed by atoms with Gasteiger partial charge in [-0.3, -0.25) is 0 Å². The number of aryl methyl sites for hydroxylation is 1. The number of aliphatic hydroxyl groups is 1. The zero-order chi connectivity index (χ0) is 14.6. The van der Waals surface area contributed by atoms with E-state index in [9.17, 15) is 13.5 Å². The number of hydrogen-bond donors (Lipinski definition) is 2. The molecule has 1 aromatic rings. The van der Waals surface area contributed by atoms with Crippen molar-refractivity contribution in [1.29, 1.82) is 0 Å². The molecule has 2 atom stereocenters. The minimum Gasteiger partial charge on any atom is -0.396 e. The first-order valence-electron chi connectivity index (χ1n) is 6.47. The molecule has 1 aromatic carbocycles. The molecule has 2 N–H and O–H groups in total. The van der Waals surface area contributed by atoms with E-state index < -0.39 is 10.0 Å². The van der Waals surface area contributed by atoms with E-state index in [-0.39, 0.29) is 29.4 Å². The number of hydrogen-bond acceptors (Lipinski definition) is 3. The average Bonchev–Trinajstić information content (AvgIpc) is 2.35. The maximum absolute atomic E-state index is 12.3. The van der Waals surface area contributed by atoms with Crippen molar-refractivity contribution in [3.63, 3.8) is 0 Å². The van der Waals surface area contributed by atoms with E-state index in [0.717, 1.165) is 5.56 Å². The van der Waals surface area contributed by atoms with Crippen molar-refractivity contribution >= 4 is 10.0 Å². The summed E-state index contributed by atoms with van der Waals surface area (Å²) in [6.45, 7) is 7.58. The van der Waals surface area contributed by atoms with Crippen LogP contribution in [0.4, 0.5) is 0 Å². The predicted octanol–water partition coefficient (Wildman–Crippen LogP) is 1.93. The molecule has 0 bridgehead atoms. The van der Waals surface area contributed by atoms with E-state index in [2.05, 4.69) is 4.72 Å². The molecule has 0 unspecified atom stereocenters. The fraction of sp³-hybridized carbons (Fsp3) is 0.571. The van der Waals surface area contributed by atoms with Crippen LogP contribution in [0.3, 0.4) is 0 Å². The van der Waals surface area contributed by atoms with Gasteiger partial charge in [-0.15, -0.1) is 0 Å². The fourth-order valence-electron chi connectivity index (χ4n) is 1.99. The van der Waals surface area contributed by atoms with Crippen LogP contribution in [0.5, 0.6) is 0 Å². The molecule has 1 rings (SSSR count). The second-order valence-corrected chi connectivity index (χ2v) is 7.08. The highest BCUT2D eigenvalue weighted by Gasteiger charge is 2.26. The lowest BCUT2D eigenvalue weighted by atomic mass is 9.93. The van der Waals surface area contributed by atoms with Crippen LogP contribution in [-0.4, -0.2) is 26.2 Å². The molecule has 0 saturated heterocycles. The normalized spacial score (nSPS) is 15.5. The highest BCUT2D eigenvalue weighted by Crippen LogP contribution is 2.17. The van der Waals surface area contributed by atoms with Gasteiger partial charge in [-0.25, -0.2) is 13.1 Å². The molecule has 0 amide bonds. The summed E-state index contributed by atoms with van der Waals surface area (Å²) in [5, 5.41) is 9.22. The Labute approximate surface area is 115 Å². The van der Waals surface area contributed by atoms with Crippen LogP contribution in [0.15, 0.2) is 29.2 Å². The Morgan fingerprint density at radius 2 is 1.68 bits per heavy atom. The molecule has 0 spiro atoms. The second-order valence-electron chi connectivity index (χ2n) is 5.36. The first kappa shape index (κ1) is 16.1. The van der Waals surface area contributed by atoms with Crippen molar-refractivity contribution in [2.24, 2.45) is 11.8 Å². The summed E-state index contributed by atoms with van der Waals surface area (Å²) in [6.07, 6.45) is 0. The molecule has 0 aliphatic carbocycles. The van der Waals surface area contributed by atoms with Crippen LogP contribution < -0.4 is 4.72 Å². The lowest BCUT2D eigenvalue weighted by Gasteiger charge is -2.27. The van der Waals surface area contributed by atoms with Gasteiger partial charge in [0, 0.05) is 12.6 Å². The topological polar surface area (TPSA) is 66.4 Å². The number of aliphatic hydroxyl groups excluding tert-OH is 1. The summed E-state index contributed by atoms with van der Waals surface area (Å²) in [7, 11) is -3.54. The zero-order valence-electron chi connectivity index (χ0n) is 11.9. The van der Waals surface area contributed by atoms with Gasteiger partial charge in [0.05, 0.1) is 4.90 Å². The van der Waals surface area contributed by atoms with Crippen molar-refractivity contribution in [2.75, 3.05) is 6.61 Å². The molecule has 0 aromatic heterocycles. The third-order valence-electron chi connectivity index (χ3n) is 3.24. The minimum absolute atomic E-state index is 0.0424. The largest absolute Gasteiger partial charge is 0.396 e. The Morgan fingerprint density at radius 1 is 1.16 bits per heavy atom. The van der Waals surface area contributed by atoms with E-state index in [4.69, 9.17) is 0 Å². The van der Waals surface area contributed by atoms with Gasteiger partial charge in [0.1, 0.15) is 0 Å². The van der Waals surface area contributed by atoms with Gasteiger partial charge in [0.25, 0.3) is 0 Å². The molecule has 0 fully saturated rings. The molecule has 0 radical (unpaired) electrons. The molecule has 19 heavy (non-hydrogen) atoms. The molecule has 5 heteroatoms. The molecular weight excluding hydrogens is 262 g/mol. The lowest BCUT2D eigenvalue weighted by Crippen LogP contribution is -2.44. The highest BCUT2D eigenvalue weighted by molar-refractivity contribution is 7.89. The van der Waals surface area contributed by atoms with Gasteiger partial charge in [0.2, 0.25) is 10.0 Å². The van der Waals surface area contributed by atoms with Gasteiger partial charge >= 0.3 is 0 Å². The standard InChI is InChI=1S/C14H23NO3S/c1-10(2)14(12(4)9-16)15-19(17,18)13-7-5-11(3)6-8-13/h5-8,10,12,14-16H,9H2,1-4H3/t12-,14+/m1/s1. The summed E-state index contributed by atoms with van der Waals surface area (Å²) in [5.41, 5.74) is 1.02. The van der Waals surface area contributed by atoms with Gasteiger partial charge in [-0.2, -0.15) is 0 Å². The third-order valence-corrected chi connectivity index (χ3v) is 4.72. The van der Waals surface area contributed by atoms with Crippen molar-refractivity contribution < 1.29 is 13.5 Å². The van der Waals surface area contributed by atoms with E-state index in [1.165, 1.54) is 0 Å². The van der Waals surface area contributed by atoms with Gasteiger partial charge in [0.15, 0.2) is 0 Å². The Hall–Kier alpha value is -0.910. The van der Waals surface area contributed by atoms with Gasteiger partial charge in [-0.1, -0.05) is 38.5 Å². The highest BCUT2D eigenvalue weighted by atomic mass is 32.2. The maximum Gasteiger partial charge on any atom is 0.240 e. The molecule has 0 aliphatic rings. The average molecular weight is 285 g/mol. The van der Waals surface area contributed by atoms with E-state index >= 15 is 0 Å². The second kappa shape index (κ2) is 6.50. The van der Waals surface area contributed by atoms with Crippen LogP contribution in [0.25, 0.3) is 0 Å². The lowest BCUT2D eigenvalue weighted by molar-refractivity contribution is 0.191. The van der Waals surface area contributed by atoms with E-state index in [0.29, 0.717) is 0 Å². The first-order valence-corrected chi connectivity index (χ1v) is 7.96. The van der Waals surface area contributed by atoms with E-state index in [1.54, 1.807) is 24.3 Å². The monoisotopic (exact) mass is 285 g/mol. The molecule has 0 aliphatic heterocycles. The van der Waals surface area contributed by atoms with Crippen LogP contribution >= 0.6 is 0 Å². The number of rotatable bonds is 6. The van der Waals surface area contributed by atoms with Crippen molar-refractivity contribution in [2.45, 2.75) is 38.6 Å². The van der Waals surface area contributed by atoms with Crippen LogP contribution in [-0.2, 0) is 10.0 Å².